The predicted octanol–water partition coefficient (Wildman–Crippen LogP) is 6.03. The second-order valence-electron chi connectivity index (χ2n) is 9.09. The smallest absolute Gasteiger partial charge is 0.0866 e. The molecule has 1 saturated heterocycles. The first-order valence-electron chi connectivity index (χ1n) is 11.1. The van der Waals surface area contributed by atoms with Crippen molar-refractivity contribution in [3.8, 4) is 0 Å². The van der Waals surface area contributed by atoms with Crippen LogP contribution in [0.5, 0.6) is 0 Å². The van der Waals surface area contributed by atoms with Gasteiger partial charge in [0.15, 0.2) is 0 Å². The zero-order chi connectivity index (χ0) is 20.1. The van der Waals surface area contributed by atoms with Crippen molar-refractivity contribution >= 4 is 28.4 Å². The third-order valence-electron chi connectivity index (χ3n) is 7.37. The van der Waals surface area contributed by atoms with Gasteiger partial charge in [-0.1, -0.05) is 48.5 Å². The van der Waals surface area contributed by atoms with Crippen LogP contribution >= 0.6 is 0 Å². The summed E-state index contributed by atoms with van der Waals surface area (Å²) >= 11 is 0. The Morgan fingerprint density at radius 1 is 0.933 bits per heavy atom. The van der Waals surface area contributed by atoms with Gasteiger partial charge in [-0.05, 0) is 66.3 Å². The molecule has 1 aliphatic carbocycles. The molecular formula is C27H27N3. The fourth-order valence-electron chi connectivity index (χ4n) is 5.68. The minimum Gasteiger partial charge on any atom is -0.340 e. The summed E-state index contributed by atoms with van der Waals surface area (Å²) in [6.07, 6.45) is 9.65. The summed E-state index contributed by atoms with van der Waals surface area (Å²) in [5.41, 5.74) is 5.43. The molecule has 3 aromatic rings. The second-order valence-corrected chi connectivity index (χ2v) is 9.09. The molecule has 2 aliphatic heterocycles. The molecule has 0 aromatic heterocycles. The van der Waals surface area contributed by atoms with Crippen LogP contribution < -0.4 is 4.90 Å². The van der Waals surface area contributed by atoms with E-state index in [1.165, 1.54) is 27.6 Å². The molecule has 6 rings (SSSR count). The molecule has 0 radical (unpaired) electrons. The fourth-order valence-corrected chi connectivity index (χ4v) is 5.68. The van der Waals surface area contributed by atoms with Crippen molar-refractivity contribution in [1.29, 1.82) is 0 Å². The Labute approximate surface area is 178 Å². The van der Waals surface area contributed by atoms with Crippen LogP contribution in [0.3, 0.4) is 0 Å². The van der Waals surface area contributed by atoms with Crippen molar-refractivity contribution in [3.05, 3.63) is 84.1 Å². The number of hydrogen-bond acceptors (Lipinski definition) is 3. The Bertz CT molecular complexity index is 1160. The van der Waals surface area contributed by atoms with Gasteiger partial charge in [0.05, 0.1) is 11.4 Å². The molecule has 3 aromatic carbocycles. The fraction of sp³-hybridized carbons (Fsp3) is 0.296. The van der Waals surface area contributed by atoms with Gasteiger partial charge in [0.2, 0.25) is 0 Å². The third kappa shape index (κ3) is 2.73. The SMILES string of the molecule is CC1(N2C=CC=Nc3ccccc32)CCN(C2Cc3cccc4cccc2c34)CC1. The lowest BCUT2D eigenvalue weighted by molar-refractivity contribution is 0.125. The average molecular weight is 394 g/mol. The van der Waals surface area contributed by atoms with Crippen LogP contribution in [0.1, 0.15) is 36.9 Å². The Morgan fingerprint density at radius 2 is 1.73 bits per heavy atom. The third-order valence-corrected chi connectivity index (χ3v) is 7.37. The van der Waals surface area contributed by atoms with Crippen LogP contribution in [0.25, 0.3) is 10.8 Å². The zero-order valence-corrected chi connectivity index (χ0v) is 17.5. The van der Waals surface area contributed by atoms with Crippen LogP contribution in [0.15, 0.2) is 77.9 Å². The van der Waals surface area contributed by atoms with Gasteiger partial charge in [-0.15, -0.1) is 0 Å². The van der Waals surface area contributed by atoms with Gasteiger partial charge in [0, 0.05) is 37.1 Å². The maximum Gasteiger partial charge on any atom is 0.0866 e. The molecule has 0 amide bonds. The van der Waals surface area contributed by atoms with E-state index < -0.39 is 0 Å². The lowest BCUT2D eigenvalue weighted by atomic mass is 9.86. The number of hydrogen-bond donors (Lipinski definition) is 0. The summed E-state index contributed by atoms with van der Waals surface area (Å²) in [6.45, 7) is 4.67. The molecule has 1 fully saturated rings. The lowest BCUT2D eigenvalue weighted by Gasteiger charge is -2.48. The first-order chi connectivity index (χ1) is 14.7. The maximum atomic E-state index is 4.62. The summed E-state index contributed by atoms with van der Waals surface area (Å²) in [5.74, 6) is 0. The van der Waals surface area contributed by atoms with Gasteiger partial charge in [0.25, 0.3) is 0 Å². The number of allylic oxidation sites excluding steroid dienone is 1. The number of para-hydroxylation sites is 2. The quantitative estimate of drug-likeness (QED) is 0.529. The maximum absolute atomic E-state index is 4.62. The second kappa shape index (κ2) is 6.82. The average Bonchev–Trinajstić information content (AvgIpc) is 3.01. The number of rotatable bonds is 2. The van der Waals surface area contributed by atoms with Crippen LogP contribution in [0.4, 0.5) is 11.4 Å². The summed E-state index contributed by atoms with van der Waals surface area (Å²) in [7, 11) is 0. The molecule has 3 nitrogen and oxygen atoms in total. The predicted molar refractivity (Wildman–Crippen MR) is 126 cm³/mol. The van der Waals surface area contributed by atoms with Crippen LogP contribution in [0, 0.1) is 0 Å². The lowest BCUT2D eigenvalue weighted by Crippen LogP contribution is -2.52. The summed E-state index contributed by atoms with van der Waals surface area (Å²) in [6, 6.07) is 22.6. The van der Waals surface area contributed by atoms with Gasteiger partial charge in [0.1, 0.15) is 0 Å². The van der Waals surface area contributed by atoms with E-state index in [2.05, 4.69) is 94.7 Å². The monoisotopic (exact) mass is 393 g/mol. The van der Waals surface area contributed by atoms with Gasteiger partial charge in [-0.25, -0.2) is 0 Å². The molecule has 2 heterocycles. The largest absolute Gasteiger partial charge is 0.340 e. The van der Waals surface area contributed by atoms with Gasteiger partial charge in [-0.2, -0.15) is 0 Å². The highest BCUT2D eigenvalue weighted by molar-refractivity contribution is 5.91. The summed E-state index contributed by atoms with van der Waals surface area (Å²) in [5, 5.41) is 2.89. The summed E-state index contributed by atoms with van der Waals surface area (Å²) < 4.78 is 0. The highest BCUT2D eigenvalue weighted by Gasteiger charge is 2.39. The molecule has 0 spiro atoms. The van der Waals surface area contributed by atoms with E-state index in [-0.39, 0.29) is 5.54 Å². The van der Waals surface area contributed by atoms with Crippen molar-refractivity contribution < 1.29 is 0 Å². The summed E-state index contributed by atoms with van der Waals surface area (Å²) in [4.78, 5) is 9.81. The molecule has 3 heteroatoms. The molecule has 0 bridgehead atoms. The standard InChI is InChI=1S/C27H27N3/c1-27(30-16-6-15-28-23-11-2-3-12-24(23)30)13-17-29(18-14-27)25-19-21-9-4-7-20-8-5-10-22(25)26(20)21/h2-12,15-16,25H,13-14,17-19H2,1H3. The number of likely N-dealkylation sites (tertiary alicyclic amines) is 1. The van der Waals surface area contributed by atoms with E-state index in [0.29, 0.717) is 6.04 Å². The van der Waals surface area contributed by atoms with Crippen molar-refractivity contribution in [2.24, 2.45) is 4.99 Å². The molecular weight excluding hydrogens is 366 g/mol. The Morgan fingerprint density at radius 3 is 2.60 bits per heavy atom. The molecule has 0 N–H and O–H groups in total. The van der Waals surface area contributed by atoms with E-state index in [1.54, 1.807) is 0 Å². The van der Waals surface area contributed by atoms with Gasteiger partial charge < -0.3 is 4.90 Å². The molecule has 1 atom stereocenters. The topological polar surface area (TPSA) is 18.8 Å². The number of benzene rings is 3. The van der Waals surface area contributed by atoms with Crippen molar-refractivity contribution in [2.75, 3.05) is 18.0 Å². The Hall–Kier alpha value is -2.91. The van der Waals surface area contributed by atoms with Crippen LogP contribution in [-0.4, -0.2) is 29.7 Å². The highest BCUT2D eigenvalue weighted by atomic mass is 15.2. The molecule has 30 heavy (non-hydrogen) atoms. The van der Waals surface area contributed by atoms with Gasteiger partial charge >= 0.3 is 0 Å². The molecule has 0 saturated carbocycles. The van der Waals surface area contributed by atoms with E-state index in [4.69, 9.17) is 0 Å². The number of fused-ring (bicyclic) bond motifs is 1. The van der Waals surface area contributed by atoms with Crippen molar-refractivity contribution in [1.82, 2.24) is 4.90 Å². The number of piperidine rings is 1. The van der Waals surface area contributed by atoms with Gasteiger partial charge in [-0.3, -0.25) is 9.89 Å². The molecule has 1 unspecified atom stereocenters. The Kier molecular flexibility index (Phi) is 4.07. The highest BCUT2D eigenvalue weighted by Crippen LogP contribution is 2.44. The zero-order valence-electron chi connectivity index (χ0n) is 17.5. The Balaban J connectivity index is 1.26. The first-order valence-corrected chi connectivity index (χ1v) is 11.1. The number of nitrogens with zero attached hydrogens (tertiary/aromatic N) is 3. The molecule has 150 valence electrons. The van der Waals surface area contributed by atoms with E-state index in [9.17, 15) is 0 Å². The molecule has 3 aliphatic rings. The van der Waals surface area contributed by atoms with E-state index >= 15 is 0 Å². The van der Waals surface area contributed by atoms with Crippen LogP contribution in [-0.2, 0) is 6.42 Å². The van der Waals surface area contributed by atoms with Crippen molar-refractivity contribution in [2.45, 2.75) is 37.8 Å². The number of anilines is 1. The van der Waals surface area contributed by atoms with E-state index in [0.717, 1.165) is 38.0 Å². The minimum absolute atomic E-state index is 0.105. The van der Waals surface area contributed by atoms with Crippen LogP contribution in [0.2, 0.25) is 0 Å². The number of aliphatic imine (C=N–C) groups is 1. The van der Waals surface area contributed by atoms with E-state index in [1.807, 2.05) is 6.21 Å². The normalized spacial score (nSPS) is 22.3. The first kappa shape index (κ1) is 17.9. The van der Waals surface area contributed by atoms with Crippen molar-refractivity contribution in [3.63, 3.8) is 0 Å². The minimum atomic E-state index is 0.105.